The molecule has 0 unspecified atom stereocenters. The fourth-order valence-corrected chi connectivity index (χ4v) is 2.23. The smallest absolute Gasteiger partial charge is 0.243 e. The molecule has 2 aliphatic rings. The van der Waals surface area contributed by atoms with Crippen molar-refractivity contribution in [2.45, 2.75) is 105 Å². The maximum atomic E-state index is 11.9. The molecule has 1 aliphatic carbocycles. The van der Waals surface area contributed by atoms with Crippen LogP contribution in [0.25, 0.3) is 0 Å². The van der Waals surface area contributed by atoms with Crippen molar-refractivity contribution in [2.24, 2.45) is 5.92 Å². The molecular formula is C31H57N3O5. The van der Waals surface area contributed by atoms with E-state index < -0.39 is 12.1 Å². The van der Waals surface area contributed by atoms with Gasteiger partial charge in [0.05, 0.1) is 18.2 Å². The number of nitrogens with zero attached hydrogens (tertiary/aromatic N) is 1. The van der Waals surface area contributed by atoms with E-state index in [1.54, 1.807) is 13.2 Å². The van der Waals surface area contributed by atoms with Gasteiger partial charge in [-0.2, -0.15) is 0 Å². The first-order valence-electron chi connectivity index (χ1n) is 13.2. The third-order valence-electron chi connectivity index (χ3n) is 4.10. The summed E-state index contributed by atoms with van der Waals surface area (Å²) in [7, 11) is 1.71. The van der Waals surface area contributed by atoms with E-state index in [0.29, 0.717) is 6.41 Å². The fraction of sp³-hybridized carbons (Fsp3) is 0.645. The zero-order chi connectivity index (χ0) is 32.0. The van der Waals surface area contributed by atoms with Crippen LogP contribution in [0.2, 0.25) is 0 Å². The Labute approximate surface area is 240 Å². The SMILES string of the molecule is C#C.C#C.C=C/C=C\C.CC.CC(C)C.COC(C)(C)C.O=CNCC(=O)N1C[C@@H](O)C[C@H]1C(=O)NC1CC1. The van der Waals surface area contributed by atoms with Gasteiger partial charge in [-0.3, -0.25) is 14.4 Å². The number of nitrogens with one attached hydrogen (secondary N) is 2. The Bertz CT molecular complexity index is 666. The summed E-state index contributed by atoms with van der Waals surface area (Å²) in [5.74, 6) is 0.267. The highest BCUT2D eigenvalue weighted by molar-refractivity contribution is 5.89. The number of hydrogen-bond acceptors (Lipinski definition) is 5. The molecule has 1 saturated heterocycles. The number of methoxy groups -OCH3 is 1. The minimum atomic E-state index is -0.680. The monoisotopic (exact) mass is 551 g/mol. The maximum absolute atomic E-state index is 11.9. The fourth-order valence-electron chi connectivity index (χ4n) is 2.23. The van der Waals surface area contributed by atoms with E-state index in [1.165, 1.54) is 4.90 Å². The molecule has 1 saturated carbocycles. The largest absolute Gasteiger partial charge is 0.391 e. The second-order valence-corrected chi connectivity index (χ2v) is 9.54. The van der Waals surface area contributed by atoms with Gasteiger partial charge in [-0.25, -0.2) is 0 Å². The Morgan fingerprint density at radius 2 is 1.56 bits per heavy atom. The number of carbonyl (C=O) groups excluding carboxylic acids is 3. The molecule has 8 heteroatoms. The molecule has 2 fully saturated rings. The van der Waals surface area contributed by atoms with Crippen molar-refractivity contribution >= 4 is 18.2 Å². The van der Waals surface area contributed by atoms with Crippen molar-refractivity contribution in [3.63, 3.8) is 0 Å². The number of terminal acetylenes is 2. The molecule has 2 rings (SSSR count). The summed E-state index contributed by atoms with van der Waals surface area (Å²) in [6.45, 7) is 22.0. The van der Waals surface area contributed by atoms with Crippen LogP contribution in [0, 0.1) is 31.6 Å². The first-order chi connectivity index (χ1) is 18.3. The number of hydrogen-bond donors (Lipinski definition) is 3. The van der Waals surface area contributed by atoms with Crippen molar-refractivity contribution in [1.82, 2.24) is 15.5 Å². The van der Waals surface area contributed by atoms with Crippen LogP contribution in [0.5, 0.6) is 0 Å². The van der Waals surface area contributed by atoms with Gasteiger partial charge >= 0.3 is 0 Å². The van der Waals surface area contributed by atoms with Gasteiger partial charge in [0, 0.05) is 26.1 Å². The molecule has 0 bridgehead atoms. The van der Waals surface area contributed by atoms with Crippen LogP contribution < -0.4 is 10.6 Å². The van der Waals surface area contributed by atoms with E-state index in [-0.39, 0.29) is 43.0 Å². The number of ether oxygens (including phenoxy) is 1. The maximum Gasteiger partial charge on any atom is 0.243 e. The summed E-state index contributed by atoms with van der Waals surface area (Å²) in [6.07, 6.45) is 23.5. The molecule has 8 nitrogen and oxygen atoms in total. The molecule has 1 aliphatic heterocycles. The summed E-state index contributed by atoms with van der Waals surface area (Å²) < 4.78 is 4.94. The molecule has 0 aromatic carbocycles. The Hall–Kier alpha value is -3.07. The Morgan fingerprint density at radius 3 is 1.85 bits per heavy atom. The van der Waals surface area contributed by atoms with Crippen LogP contribution in [-0.2, 0) is 19.1 Å². The van der Waals surface area contributed by atoms with E-state index in [9.17, 15) is 19.5 Å². The van der Waals surface area contributed by atoms with Crippen LogP contribution in [0.15, 0.2) is 24.8 Å². The number of carbonyl (C=O) groups is 3. The number of β-amino-alcohol motifs (C(OH)–C–C–N with tert-alkyl or cyclic N) is 1. The molecule has 3 N–H and O–H groups in total. The highest BCUT2D eigenvalue weighted by Gasteiger charge is 2.40. The molecule has 1 heterocycles. The van der Waals surface area contributed by atoms with Gasteiger partial charge in [0.2, 0.25) is 18.2 Å². The van der Waals surface area contributed by atoms with Gasteiger partial charge in [-0.15, -0.1) is 25.7 Å². The quantitative estimate of drug-likeness (QED) is 0.259. The number of rotatable bonds is 6. The predicted octanol–water partition coefficient (Wildman–Crippen LogP) is 4.34. The number of aliphatic hydroxyl groups is 1. The van der Waals surface area contributed by atoms with Crippen LogP contribution in [0.4, 0.5) is 0 Å². The van der Waals surface area contributed by atoms with E-state index in [2.05, 4.69) is 63.7 Å². The van der Waals surface area contributed by atoms with Crippen molar-refractivity contribution in [3.05, 3.63) is 24.8 Å². The van der Waals surface area contributed by atoms with E-state index in [1.807, 2.05) is 53.7 Å². The number of likely N-dealkylation sites (tertiary alicyclic amines) is 1. The molecule has 226 valence electrons. The number of aliphatic hydroxyl groups excluding tert-OH is 1. The third kappa shape index (κ3) is 34.9. The summed E-state index contributed by atoms with van der Waals surface area (Å²) in [5, 5.41) is 14.7. The van der Waals surface area contributed by atoms with Crippen molar-refractivity contribution in [2.75, 3.05) is 20.2 Å². The van der Waals surface area contributed by atoms with Crippen LogP contribution in [0.3, 0.4) is 0 Å². The first-order valence-corrected chi connectivity index (χ1v) is 13.2. The van der Waals surface area contributed by atoms with Gasteiger partial charge < -0.3 is 25.4 Å². The van der Waals surface area contributed by atoms with Crippen molar-refractivity contribution < 1.29 is 24.2 Å². The van der Waals surface area contributed by atoms with Crippen molar-refractivity contribution in [3.8, 4) is 25.7 Å². The lowest BCUT2D eigenvalue weighted by Gasteiger charge is -2.23. The van der Waals surface area contributed by atoms with Crippen molar-refractivity contribution in [1.29, 1.82) is 0 Å². The van der Waals surface area contributed by atoms with E-state index >= 15 is 0 Å². The lowest BCUT2D eigenvalue weighted by atomic mass is 10.2. The molecule has 0 aromatic rings. The second kappa shape index (κ2) is 31.1. The highest BCUT2D eigenvalue weighted by Crippen LogP contribution is 2.22. The molecule has 0 aromatic heterocycles. The van der Waals surface area contributed by atoms with Crippen LogP contribution in [-0.4, -0.2) is 72.2 Å². The van der Waals surface area contributed by atoms with Gasteiger partial charge in [0.1, 0.15) is 6.04 Å². The minimum absolute atomic E-state index is 0.0417. The molecular weight excluding hydrogens is 494 g/mol. The lowest BCUT2D eigenvalue weighted by molar-refractivity contribution is -0.138. The van der Waals surface area contributed by atoms with E-state index in [0.717, 1.165) is 18.8 Å². The molecule has 0 radical (unpaired) electrons. The van der Waals surface area contributed by atoms with Gasteiger partial charge in [0.15, 0.2) is 0 Å². The first kappa shape index (κ1) is 45.8. The topological polar surface area (TPSA) is 108 Å². The van der Waals surface area contributed by atoms with Gasteiger partial charge in [0.25, 0.3) is 0 Å². The number of allylic oxidation sites excluding steroid dienone is 3. The zero-order valence-corrected chi connectivity index (χ0v) is 26.2. The second-order valence-electron chi connectivity index (χ2n) is 9.54. The predicted molar refractivity (Wildman–Crippen MR) is 165 cm³/mol. The molecule has 3 amide bonds. The van der Waals surface area contributed by atoms with Crippen LogP contribution in [0.1, 0.15) is 81.6 Å². The van der Waals surface area contributed by atoms with Gasteiger partial charge in [-0.05, 0) is 46.5 Å². The highest BCUT2D eigenvalue weighted by atomic mass is 16.5. The summed E-state index contributed by atoms with van der Waals surface area (Å²) in [6, 6.07) is -0.401. The summed E-state index contributed by atoms with van der Waals surface area (Å²) in [5.41, 5.74) is 0.0417. The summed E-state index contributed by atoms with van der Waals surface area (Å²) in [4.78, 5) is 35.2. The molecule has 0 spiro atoms. The van der Waals surface area contributed by atoms with Crippen LogP contribution >= 0.6 is 0 Å². The molecule has 39 heavy (non-hydrogen) atoms. The average molecular weight is 552 g/mol. The standard InChI is InChI=1S/C11H17N3O4.C5H12O.C5H8.C4H10.C2H6.2C2H2/c15-6-12-4-10(17)14-5-8(16)3-9(14)11(18)13-7-1-2-7;1-5(2,3)6-4;1-3-5-4-2;1-4(2)3;3*1-2/h6-9,16H,1-5H2,(H,12,15)(H,13,18);1-4H3;3-5H,1H2,2H3;4H,1-3H3;1-2H3;2*1-2H/b;;5-4-;;;;/t8-,9-;;;;;;/m0....../s1. The Kier molecular flexibility index (Phi) is 36.6. The third-order valence-corrected chi connectivity index (χ3v) is 4.10. The Balaban J connectivity index is -0.000000152. The lowest BCUT2D eigenvalue weighted by Crippen LogP contribution is -2.48. The Morgan fingerprint density at radius 1 is 1.13 bits per heavy atom. The van der Waals surface area contributed by atoms with E-state index in [4.69, 9.17) is 4.74 Å². The zero-order valence-electron chi connectivity index (χ0n) is 26.2. The normalized spacial score (nSPS) is 16.6. The number of amides is 3. The van der Waals surface area contributed by atoms with Gasteiger partial charge in [-0.1, -0.05) is 59.4 Å². The average Bonchev–Trinajstić information content (AvgIpc) is 3.63. The minimum Gasteiger partial charge on any atom is -0.391 e. The summed E-state index contributed by atoms with van der Waals surface area (Å²) >= 11 is 0. The molecule has 2 atom stereocenters.